The lowest BCUT2D eigenvalue weighted by molar-refractivity contribution is 0.232. The van der Waals surface area contributed by atoms with Crippen LogP contribution < -0.4 is 5.32 Å². The van der Waals surface area contributed by atoms with Gasteiger partial charge in [0.25, 0.3) is 0 Å². The number of aryl methyl sites for hydroxylation is 2. The zero-order valence-corrected chi connectivity index (χ0v) is 12.9. The largest absolute Gasteiger partial charge is 0.305 e. The van der Waals surface area contributed by atoms with Crippen molar-refractivity contribution in [3.05, 3.63) is 15.6 Å². The lowest BCUT2D eigenvalue weighted by Gasteiger charge is -2.36. The maximum Gasteiger partial charge on any atom is 0.113 e. The summed E-state index contributed by atoms with van der Waals surface area (Å²) in [4.78, 5) is 6.24. The van der Waals surface area contributed by atoms with Crippen LogP contribution in [0.15, 0.2) is 0 Å². The first-order valence-corrected chi connectivity index (χ1v) is 7.55. The van der Waals surface area contributed by atoms with E-state index < -0.39 is 0 Å². The predicted octanol–water partition coefficient (Wildman–Crippen LogP) is 3.88. The molecule has 1 aromatic rings. The summed E-state index contributed by atoms with van der Waals surface area (Å²) >= 11 is 1.87. The number of aromatic nitrogens is 1. The highest BCUT2D eigenvalue weighted by Gasteiger charge is 2.36. The van der Waals surface area contributed by atoms with Gasteiger partial charge in [-0.1, -0.05) is 34.6 Å². The Bertz CT molecular complexity index is 357. The lowest BCUT2D eigenvalue weighted by Crippen LogP contribution is -2.46. The summed E-state index contributed by atoms with van der Waals surface area (Å²) in [6, 6.07) is 0. The van der Waals surface area contributed by atoms with Crippen LogP contribution in [0.3, 0.4) is 0 Å². The molecule has 1 atom stereocenters. The van der Waals surface area contributed by atoms with Gasteiger partial charge >= 0.3 is 0 Å². The van der Waals surface area contributed by atoms with Gasteiger partial charge in [-0.2, -0.15) is 0 Å². The van der Waals surface area contributed by atoms with Crippen LogP contribution in [0.1, 0.15) is 56.6 Å². The Labute approximate surface area is 110 Å². The summed E-state index contributed by atoms with van der Waals surface area (Å²) in [6.07, 6.45) is 2.13. The molecule has 1 aromatic heterocycles. The molecule has 1 unspecified atom stereocenters. The Morgan fingerprint density at radius 1 is 1.29 bits per heavy atom. The number of thiazole rings is 1. The standard InChI is InChI=1S/C14H26N2S/c1-7-12-11(6)17-13(16-12)14(8-2,10(4)5)15-9-3/h10,15H,7-9H2,1-6H3. The van der Waals surface area contributed by atoms with Crippen molar-refractivity contribution >= 4 is 11.3 Å². The molecule has 2 nitrogen and oxygen atoms in total. The maximum absolute atomic E-state index is 4.87. The van der Waals surface area contributed by atoms with E-state index in [4.69, 9.17) is 4.98 Å². The first-order valence-electron chi connectivity index (χ1n) is 6.73. The molecule has 0 saturated heterocycles. The van der Waals surface area contributed by atoms with Gasteiger partial charge in [0, 0.05) is 4.88 Å². The van der Waals surface area contributed by atoms with E-state index in [2.05, 4.69) is 46.9 Å². The topological polar surface area (TPSA) is 24.9 Å². The van der Waals surface area contributed by atoms with Crippen molar-refractivity contribution in [2.75, 3.05) is 6.54 Å². The van der Waals surface area contributed by atoms with Gasteiger partial charge in [0.1, 0.15) is 5.01 Å². The molecule has 0 bridgehead atoms. The van der Waals surface area contributed by atoms with E-state index in [-0.39, 0.29) is 5.54 Å². The first-order chi connectivity index (χ1) is 8.01. The van der Waals surface area contributed by atoms with E-state index in [9.17, 15) is 0 Å². The minimum Gasteiger partial charge on any atom is -0.305 e. The zero-order chi connectivity index (χ0) is 13.1. The van der Waals surface area contributed by atoms with Gasteiger partial charge in [-0.25, -0.2) is 4.98 Å². The predicted molar refractivity (Wildman–Crippen MR) is 76.7 cm³/mol. The molecular formula is C14H26N2S. The van der Waals surface area contributed by atoms with Crippen molar-refractivity contribution < 1.29 is 0 Å². The quantitative estimate of drug-likeness (QED) is 0.833. The fraction of sp³-hybridized carbons (Fsp3) is 0.786. The van der Waals surface area contributed by atoms with Crippen LogP contribution >= 0.6 is 11.3 Å². The van der Waals surface area contributed by atoms with Gasteiger partial charge < -0.3 is 5.32 Å². The van der Waals surface area contributed by atoms with Crippen molar-refractivity contribution in [2.24, 2.45) is 5.92 Å². The van der Waals surface area contributed by atoms with Crippen LogP contribution in [0, 0.1) is 12.8 Å². The van der Waals surface area contributed by atoms with E-state index in [1.807, 2.05) is 11.3 Å². The molecule has 0 aromatic carbocycles. The smallest absolute Gasteiger partial charge is 0.113 e. The molecule has 0 aliphatic rings. The van der Waals surface area contributed by atoms with Crippen molar-refractivity contribution in [2.45, 2.75) is 59.9 Å². The van der Waals surface area contributed by atoms with E-state index in [0.717, 1.165) is 19.4 Å². The van der Waals surface area contributed by atoms with Crippen LogP contribution in [0.25, 0.3) is 0 Å². The summed E-state index contributed by atoms with van der Waals surface area (Å²) in [5, 5.41) is 4.94. The monoisotopic (exact) mass is 254 g/mol. The minimum absolute atomic E-state index is 0.0532. The second-order valence-electron chi connectivity index (χ2n) is 4.89. The summed E-state index contributed by atoms with van der Waals surface area (Å²) in [5.74, 6) is 0.558. The summed E-state index contributed by atoms with van der Waals surface area (Å²) < 4.78 is 0. The fourth-order valence-electron chi connectivity index (χ4n) is 2.47. The van der Waals surface area contributed by atoms with Crippen LogP contribution in [-0.4, -0.2) is 11.5 Å². The number of hydrogen-bond acceptors (Lipinski definition) is 3. The van der Waals surface area contributed by atoms with Crippen LogP contribution in [0.4, 0.5) is 0 Å². The van der Waals surface area contributed by atoms with Gasteiger partial charge in [-0.3, -0.25) is 0 Å². The average molecular weight is 254 g/mol. The summed E-state index contributed by atoms with van der Waals surface area (Å²) in [5.41, 5.74) is 1.32. The van der Waals surface area contributed by atoms with E-state index >= 15 is 0 Å². The zero-order valence-electron chi connectivity index (χ0n) is 12.1. The molecule has 0 aliphatic heterocycles. The highest BCUT2D eigenvalue weighted by atomic mass is 32.1. The third-order valence-electron chi connectivity index (χ3n) is 3.64. The second kappa shape index (κ2) is 5.96. The highest BCUT2D eigenvalue weighted by Crippen LogP contribution is 2.36. The van der Waals surface area contributed by atoms with Crippen LogP contribution in [0.2, 0.25) is 0 Å². The van der Waals surface area contributed by atoms with Crippen molar-refractivity contribution in [3.8, 4) is 0 Å². The number of rotatable bonds is 6. The summed E-state index contributed by atoms with van der Waals surface area (Å²) in [7, 11) is 0. The van der Waals surface area contributed by atoms with Crippen LogP contribution in [-0.2, 0) is 12.0 Å². The first kappa shape index (κ1) is 14.7. The number of nitrogens with zero attached hydrogens (tertiary/aromatic N) is 1. The normalized spacial score (nSPS) is 15.2. The van der Waals surface area contributed by atoms with E-state index in [0.29, 0.717) is 5.92 Å². The Morgan fingerprint density at radius 2 is 1.94 bits per heavy atom. The van der Waals surface area contributed by atoms with E-state index in [1.165, 1.54) is 15.6 Å². The average Bonchev–Trinajstić information content (AvgIpc) is 2.67. The van der Waals surface area contributed by atoms with Crippen LogP contribution in [0.5, 0.6) is 0 Å². The van der Waals surface area contributed by atoms with Crippen molar-refractivity contribution in [1.29, 1.82) is 0 Å². The molecule has 0 aliphatic carbocycles. The molecule has 0 fully saturated rings. The Hall–Kier alpha value is -0.410. The van der Waals surface area contributed by atoms with Gasteiger partial charge in [-0.05, 0) is 32.2 Å². The van der Waals surface area contributed by atoms with Gasteiger partial charge in [0.2, 0.25) is 0 Å². The minimum atomic E-state index is 0.0532. The van der Waals surface area contributed by atoms with Gasteiger partial charge in [-0.15, -0.1) is 11.3 Å². The molecule has 0 radical (unpaired) electrons. The molecule has 3 heteroatoms. The van der Waals surface area contributed by atoms with Gasteiger partial charge in [0.15, 0.2) is 0 Å². The maximum atomic E-state index is 4.87. The highest BCUT2D eigenvalue weighted by molar-refractivity contribution is 7.11. The summed E-state index contributed by atoms with van der Waals surface area (Å²) in [6.45, 7) is 14.4. The molecule has 0 saturated carbocycles. The molecule has 1 N–H and O–H groups in total. The third-order valence-corrected chi connectivity index (χ3v) is 4.84. The fourth-order valence-corrected chi connectivity index (χ4v) is 3.86. The molecule has 1 rings (SSSR count). The third kappa shape index (κ3) is 2.71. The molecule has 17 heavy (non-hydrogen) atoms. The molecule has 0 amide bonds. The molecular weight excluding hydrogens is 228 g/mol. The van der Waals surface area contributed by atoms with Crippen molar-refractivity contribution in [1.82, 2.24) is 10.3 Å². The molecule has 98 valence electrons. The Morgan fingerprint density at radius 3 is 2.29 bits per heavy atom. The van der Waals surface area contributed by atoms with Gasteiger partial charge in [0.05, 0.1) is 11.2 Å². The number of nitrogens with one attached hydrogen (secondary N) is 1. The van der Waals surface area contributed by atoms with Crippen molar-refractivity contribution in [3.63, 3.8) is 0 Å². The van der Waals surface area contributed by atoms with E-state index in [1.54, 1.807) is 0 Å². The Balaban J connectivity index is 3.20. The Kier molecular flexibility index (Phi) is 5.14. The molecule has 0 spiro atoms. The second-order valence-corrected chi connectivity index (χ2v) is 6.09. The number of hydrogen-bond donors (Lipinski definition) is 1. The lowest BCUT2D eigenvalue weighted by atomic mass is 9.84. The molecule has 1 heterocycles. The SMILES string of the molecule is CCNC(CC)(c1nc(CC)c(C)s1)C(C)C.